The molecule has 2 fully saturated rings. The van der Waals surface area contributed by atoms with Gasteiger partial charge in [-0.25, -0.2) is 18.2 Å². The monoisotopic (exact) mass is 439 g/mol. The number of nitrogens with zero attached hydrogens (tertiary/aromatic N) is 3. The molecule has 9 nitrogen and oxygen atoms in total. The largest absolute Gasteiger partial charge is 0.479 e. The minimum absolute atomic E-state index is 0.0309. The van der Waals surface area contributed by atoms with Gasteiger partial charge in [0.05, 0.1) is 6.20 Å². The van der Waals surface area contributed by atoms with Gasteiger partial charge < -0.3 is 19.6 Å². The Balaban J connectivity index is 1.67. The summed E-state index contributed by atoms with van der Waals surface area (Å²) in [6.07, 6.45) is 2.53. The molecule has 166 valence electrons. The van der Waals surface area contributed by atoms with E-state index in [1.54, 1.807) is 4.90 Å². The van der Waals surface area contributed by atoms with Crippen LogP contribution in [0.4, 0.5) is 4.79 Å². The normalized spacial score (nSPS) is 25.5. The Kier molecular flexibility index (Phi) is 5.99. The maximum Gasteiger partial charge on any atom is 0.407 e. The van der Waals surface area contributed by atoms with Crippen molar-refractivity contribution in [3.05, 3.63) is 18.3 Å². The van der Waals surface area contributed by atoms with Crippen LogP contribution in [0.1, 0.15) is 40.0 Å². The van der Waals surface area contributed by atoms with Gasteiger partial charge in [0.15, 0.2) is 21.0 Å². The summed E-state index contributed by atoms with van der Waals surface area (Å²) in [4.78, 5) is 31.8. The third kappa shape index (κ3) is 4.69. The van der Waals surface area contributed by atoms with Crippen molar-refractivity contribution in [2.75, 3.05) is 19.3 Å². The summed E-state index contributed by atoms with van der Waals surface area (Å²) in [5.74, 6) is 0.222. The first-order valence-electron chi connectivity index (χ1n) is 10.0. The van der Waals surface area contributed by atoms with Crippen molar-refractivity contribution in [3.8, 4) is 5.75 Å². The third-order valence-corrected chi connectivity index (χ3v) is 6.82. The minimum atomic E-state index is -3.40. The van der Waals surface area contributed by atoms with Gasteiger partial charge in [-0.15, -0.1) is 0 Å². The van der Waals surface area contributed by atoms with Gasteiger partial charge in [0.25, 0.3) is 5.91 Å². The molecule has 3 unspecified atom stereocenters. The fourth-order valence-corrected chi connectivity index (χ4v) is 4.81. The maximum atomic E-state index is 13.0. The van der Waals surface area contributed by atoms with Crippen molar-refractivity contribution in [1.29, 1.82) is 0 Å². The number of piperidine rings is 1. The smallest absolute Gasteiger partial charge is 0.407 e. The van der Waals surface area contributed by atoms with Gasteiger partial charge in [0, 0.05) is 37.8 Å². The zero-order valence-electron chi connectivity index (χ0n) is 17.7. The molecule has 2 aliphatic heterocycles. The molecule has 3 heterocycles. The molecule has 0 radical (unpaired) electrons. The van der Waals surface area contributed by atoms with Crippen LogP contribution < -0.4 is 4.74 Å². The average Bonchev–Trinajstić information content (AvgIpc) is 3.00. The Bertz CT molecular complexity index is 909. The molecule has 2 amide bonds. The van der Waals surface area contributed by atoms with Crippen molar-refractivity contribution >= 4 is 21.8 Å². The molecule has 2 saturated heterocycles. The molecule has 0 bridgehead atoms. The number of sulfone groups is 1. The first kappa shape index (κ1) is 22.3. The van der Waals surface area contributed by atoms with Crippen LogP contribution in [0, 0.1) is 5.41 Å². The highest BCUT2D eigenvalue weighted by molar-refractivity contribution is 7.90. The van der Waals surface area contributed by atoms with Crippen LogP contribution in [0.2, 0.25) is 0 Å². The van der Waals surface area contributed by atoms with Gasteiger partial charge in [0.1, 0.15) is 5.75 Å². The molecule has 3 rings (SSSR count). The lowest BCUT2D eigenvalue weighted by Crippen LogP contribution is -2.56. The van der Waals surface area contributed by atoms with E-state index < -0.39 is 22.0 Å². The van der Waals surface area contributed by atoms with Crippen LogP contribution in [0.25, 0.3) is 0 Å². The number of amides is 2. The molecule has 0 aliphatic carbocycles. The zero-order valence-corrected chi connectivity index (χ0v) is 18.6. The zero-order chi connectivity index (χ0) is 22.3. The number of hydrogen-bond donors (Lipinski definition) is 1. The molecule has 1 aromatic rings. The highest BCUT2D eigenvalue weighted by atomic mass is 32.2. The Morgan fingerprint density at radius 1 is 1.23 bits per heavy atom. The highest BCUT2D eigenvalue weighted by Gasteiger charge is 2.44. The fourth-order valence-electron chi connectivity index (χ4n) is 4.25. The summed E-state index contributed by atoms with van der Waals surface area (Å²) in [7, 11) is -3.40. The van der Waals surface area contributed by atoms with E-state index in [4.69, 9.17) is 4.74 Å². The topological polar surface area (TPSA) is 117 Å². The third-order valence-electron chi connectivity index (χ3n) is 5.82. The standard InChI is InChI=1S/C20H29N3O6S/c1-20(2,3)16-11-13(7-9-23(16)19(25)26)22-10-8-15(18(22)24)29-14-5-6-17(21-12-14)30(4,27)28/h5-6,12-13,15-16H,7-11H2,1-4H3,(H,25,26). The van der Waals surface area contributed by atoms with Crippen LogP contribution in [0.3, 0.4) is 0 Å². The fraction of sp³-hybridized carbons (Fsp3) is 0.650. The first-order valence-corrected chi connectivity index (χ1v) is 11.9. The number of carbonyl (C=O) groups excluding carboxylic acids is 1. The van der Waals surface area contributed by atoms with E-state index in [2.05, 4.69) is 4.98 Å². The molecule has 2 aliphatic rings. The van der Waals surface area contributed by atoms with Gasteiger partial charge in [-0.3, -0.25) is 4.79 Å². The number of likely N-dealkylation sites (tertiary alicyclic amines) is 2. The number of rotatable bonds is 4. The summed E-state index contributed by atoms with van der Waals surface area (Å²) >= 11 is 0. The second-order valence-corrected chi connectivity index (χ2v) is 11.0. The quantitative estimate of drug-likeness (QED) is 0.763. The van der Waals surface area contributed by atoms with Crippen LogP contribution >= 0.6 is 0 Å². The second kappa shape index (κ2) is 8.05. The molecule has 1 N–H and O–H groups in total. The maximum absolute atomic E-state index is 13.0. The highest BCUT2D eigenvalue weighted by Crippen LogP contribution is 2.35. The molecule has 0 spiro atoms. The van der Waals surface area contributed by atoms with E-state index in [0.717, 1.165) is 6.26 Å². The molecule has 1 aromatic heterocycles. The summed E-state index contributed by atoms with van der Waals surface area (Å²) in [6.45, 7) is 6.99. The number of carboxylic acid groups (broad SMARTS) is 1. The van der Waals surface area contributed by atoms with Crippen molar-refractivity contribution in [1.82, 2.24) is 14.8 Å². The van der Waals surface area contributed by atoms with Gasteiger partial charge >= 0.3 is 6.09 Å². The molecule has 0 aromatic carbocycles. The lowest BCUT2D eigenvalue weighted by Gasteiger charge is -2.46. The lowest BCUT2D eigenvalue weighted by molar-refractivity contribution is -0.136. The SMILES string of the molecule is CC(C)(C)C1CC(N2CCC(Oc3ccc(S(C)(=O)=O)nc3)C2=O)CCN1C(=O)O. The van der Waals surface area contributed by atoms with Gasteiger partial charge in [0.2, 0.25) is 0 Å². The van der Waals surface area contributed by atoms with Crippen molar-refractivity contribution in [3.63, 3.8) is 0 Å². The number of ether oxygens (including phenoxy) is 1. The van der Waals surface area contributed by atoms with Gasteiger partial charge in [-0.1, -0.05) is 20.8 Å². The van der Waals surface area contributed by atoms with Crippen LogP contribution in [-0.2, 0) is 14.6 Å². The predicted molar refractivity (Wildman–Crippen MR) is 109 cm³/mol. The lowest BCUT2D eigenvalue weighted by atomic mass is 9.79. The Morgan fingerprint density at radius 3 is 2.47 bits per heavy atom. The molecule has 30 heavy (non-hydrogen) atoms. The number of hydrogen-bond acceptors (Lipinski definition) is 6. The first-order chi connectivity index (χ1) is 13.9. The average molecular weight is 440 g/mol. The van der Waals surface area contributed by atoms with Crippen molar-refractivity contribution in [2.24, 2.45) is 5.41 Å². The molecular formula is C20H29N3O6S. The molecular weight excluding hydrogens is 410 g/mol. The van der Waals surface area contributed by atoms with Crippen LogP contribution in [0.5, 0.6) is 5.75 Å². The second-order valence-electron chi connectivity index (χ2n) is 9.07. The summed E-state index contributed by atoms with van der Waals surface area (Å²) < 4.78 is 28.8. The van der Waals surface area contributed by atoms with E-state index in [1.165, 1.54) is 23.2 Å². The van der Waals surface area contributed by atoms with E-state index >= 15 is 0 Å². The van der Waals surface area contributed by atoms with Crippen molar-refractivity contribution < 1.29 is 27.9 Å². The molecule has 10 heteroatoms. The predicted octanol–water partition coefficient (Wildman–Crippen LogP) is 2.02. The van der Waals surface area contributed by atoms with Gasteiger partial charge in [-0.05, 0) is 30.4 Å². The number of pyridine rings is 1. The minimum Gasteiger partial charge on any atom is -0.479 e. The van der Waals surface area contributed by atoms with Crippen LogP contribution in [0.15, 0.2) is 23.4 Å². The van der Waals surface area contributed by atoms with E-state index in [0.29, 0.717) is 38.1 Å². The van der Waals surface area contributed by atoms with Gasteiger partial charge in [-0.2, -0.15) is 0 Å². The Hall–Kier alpha value is -2.36. The van der Waals surface area contributed by atoms with Crippen molar-refractivity contribution in [2.45, 2.75) is 63.2 Å². The number of carbonyl (C=O) groups is 2. The summed E-state index contributed by atoms with van der Waals surface area (Å²) in [6, 6.07) is 2.66. The van der Waals surface area contributed by atoms with E-state index in [9.17, 15) is 23.1 Å². The Morgan fingerprint density at radius 2 is 1.93 bits per heavy atom. The Labute approximate surface area is 176 Å². The summed E-state index contributed by atoms with van der Waals surface area (Å²) in [5, 5.41) is 9.48. The van der Waals surface area contributed by atoms with Crippen LogP contribution in [-0.4, -0.2) is 77.8 Å². The molecule has 0 saturated carbocycles. The molecule has 3 atom stereocenters. The summed E-state index contributed by atoms with van der Waals surface area (Å²) in [5.41, 5.74) is -0.233. The van der Waals surface area contributed by atoms with E-state index in [1.807, 2.05) is 20.8 Å². The number of aromatic nitrogens is 1. The van der Waals surface area contributed by atoms with E-state index in [-0.39, 0.29) is 28.4 Å².